The predicted octanol–water partition coefficient (Wildman–Crippen LogP) is 4.30. The van der Waals surface area contributed by atoms with Gasteiger partial charge in [-0.25, -0.2) is 19.3 Å². The molecular weight excluding hydrogens is 407 g/mol. The number of thiazole rings is 1. The maximum absolute atomic E-state index is 14.4. The molecule has 1 N–H and O–H groups in total. The van der Waals surface area contributed by atoms with Crippen LogP contribution in [-0.2, 0) is 0 Å². The van der Waals surface area contributed by atoms with E-state index < -0.39 is 18.0 Å². The third kappa shape index (κ3) is 3.90. The highest BCUT2D eigenvalue weighted by atomic mass is 32.1. The zero-order valence-electron chi connectivity index (χ0n) is 17.0. The fraction of sp³-hybridized carbons (Fsp3) is 0.333. The molecule has 156 valence electrons. The van der Waals surface area contributed by atoms with Crippen LogP contribution in [0.3, 0.4) is 0 Å². The van der Waals surface area contributed by atoms with Crippen LogP contribution in [0.15, 0.2) is 24.4 Å². The molecule has 0 bridgehead atoms. The normalized spacial score (nSPS) is 13.5. The summed E-state index contributed by atoms with van der Waals surface area (Å²) < 4.78 is 25.4. The Labute approximate surface area is 176 Å². The van der Waals surface area contributed by atoms with Gasteiger partial charge < -0.3 is 14.6 Å². The number of hydrogen-bond donors (Lipinski definition) is 1. The number of aliphatic hydroxyl groups is 1. The first-order chi connectivity index (χ1) is 14.4. The van der Waals surface area contributed by atoms with Gasteiger partial charge in [0.1, 0.15) is 21.5 Å². The Hall–Kier alpha value is -2.91. The van der Waals surface area contributed by atoms with Gasteiger partial charge in [-0.05, 0) is 45.4 Å². The predicted molar refractivity (Wildman–Crippen MR) is 114 cm³/mol. The molecule has 0 saturated carbocycles. The maximum Gasteiger partial charge on any atom is 0.252 e. The van der Waals surface area contributed by atoms with Crippen molar-refractivity contribution in [3.63, 3.8) is 0 Å². The fourth-order valence-corrected chi connectivity index (χ4v) is 3.86. The standard InChI is InChI=1S/C21H21FN4O3S/c1-5-28-17-9-23-18-13(6-10(2)7-15(18)24-17)20-25-16-8-14(22)19(26-21(16)30-20)29-12(4)11(3)27/h6-9,11-12,27H,5H2,1-4H3/t11-,12+/m1/s1. The number of ether oxygens (including phenoxy) is 2. The second-order valence-corrected chi connectivity index (χ2v) is 7.98. The van der Waals surface area contributed by atoms with E-state index in [0.29, 0.717) is 38.9 Å². The summed E-state index contributed by atoms with van der Waals surface area (Å²) >= 11 is 1.32. The Morgan fingerprint density at radius 2 is 1.93 bits per heavy atom. The van der Waals surface area contributed by atoms with Crippen LogP contribution in [0.4, 0.5) is 4.39 Å². The quantitative estimate of drug-likeness (QED) is 0.490. The largest absolute Gasteiger partial charge is 0.477 e. The van der Waals surface area contributed by atoms with Crippen molar-refractivity contribution in [2.45, 2.75) is 39.9 Å². The van der Waals surface area contributed by atoms with Crippen molar-refractivity contribution in [1.82, 2.24) is 19.9 Å². The number of hydrogen-bond acceptors (Lipinski definition) is 8. The summed E-state index contributed by atoms with van der Waals surface area (Å²) in [6.45, 7) is 7.59. The highest BCUT2D eigenvalue weighted by Gasteiger charge is 2.19. The molecule has 2 atom stereocenters. The number of nitrogens with zero attached hydrogens (tertiary/aromatic N) is 4. The molecule has 0 fully saturated rings. The van der Waals surface area contributed by atoms with Crippen LogP contribution in [0, 0.1) is 12.7 Å². The molecule has 3 aromatic heterocycles. The molecule has 9 heteroatoms. The van der Waals surface area contributed by atoms with Gasteiger partial charge in [-0.2, -0.15) is 4.98 Å². The van der Waals surface area contributed by atoms with Crippen LogP contribution >= 0.6 is 11.3 Å². The van der Waals surface area contributed by atoms with Gasteiger partial charge in [-0.1, -0.05) is 11.3 Å². The first kappa shape index (κ1) is 20.4. The first-order valence-corrected chi connectivity index (χ1v) is 10.4. The molecule has 4 rings (SSSR count). The lowest BCUT2D eigenvalue weighted by molar-refractivity contribution is 0.0549. The van der Waals surface area contributed by atoms with E-state index >= 15 is 0 Å². The van der Waals surface area contributed by atoms with Crippen LogP contribution in [0.25, 0.3) is 32.0 Å². The monoisotopic (exact) mass is 428 g/mol. The van der Waals surface area contributed by atoms with Gasteiger partial charge in [0.2, 0.25) is 5.88 Å². The van der Waals surface area contributed by atoms with Crippen molar-refractivity contribution >= 4 is 32.7 Å². The van der Waals surface area contributed by atoms with Crippen molar-refractivity contribution in [3.05, 3.63) is 35.8 Å². The summed E-state index contributed by atoms with van der Waals surface area (Å²) in [5.41, 5.74) is 3.60. The van der Waals surface area contributed by atoms with E-state index in [0.717, 1.165) is 11.1 Å². The van der Waals surface area contributed by atoms with E-state index in [9.17, 15) is 9.50 Å². The Bertz CT molecular complexity index is 1230. The summed E-state index contributed by atoms with van der Waals surface area (Å²) in [4.78, 5) is 18.4. The van der Waals surface area contributed by atoms with Gasteiger partial charge in [0.25, 0.3) is 5.88 Å². The zero-order valence-corrected chi connectivity index (χ0v) is 17.8. The molecule has 7 nitrogen and oxygen atoms in total. The summed E-state index contributed by atoms with van der Waals surface area (Å²) in [5.74, 6) is -0.313. The summed E-state index contributed by atoms with van der Waals surface area (Å²) in [6.07, 6.45) is 0.240. The van der Waals surface area contributed by atoms with Crippen molar-refractivity contribution in [2.75, 3.05) is 6.61 Å². The van der Waals surface area contributed by atoms with Crippen molar-refractivity contribution in [2.24, 2.45) is 0 Å². The van der Waals surface area contributed by atoms with E-state index in [1.54, 1.807) is 20.0 Å². The highest BCUT2D eigenvalue weighted by molar-refractivity contribution is 7.21. The Kier molecular flexibility index (Phi) is 5.48. The Balaban J connectivity index is 1.80. The molecule has 0 unspecified atom stereocenters. The highest BCUT2D eigenvalue weighted by Crippen LogP contribution is 2.35. The van der Waals surface area contributed by atoms with Gasteiger partial charge in [-0.15, -0.1) is 0 Å². The number of aliphatic hydroxyl groups excluding tert-OH is 1. The third-order valence-corrected chi connectivity index (χ3v) is 5.57. The molecule has 0 amide bonds. The van der Waals surface area contributed by atoms with E-state index in [-0.39, 0.29) is 5.88 Å². The van der Waals surface area contributed by atoms with Crippen molar-refractivity contribution in [3.8, 4) is 22.3 Å². The molecule has 0 aliphatic heterocycles. The molecular formula is C21H21FN4O3S. The SMILES string of the molecule is CCOc1cnc2c(-c3nc4cc(F)c(O[C@@H](C)[C@@H](C)O)nc4s3)cc(C)cc2n1. The maximum atomic E-state index is 14.4. The second kappa shape index (κ2) is 8.08. The minimum absolute atomic E-state index is 0.152. The van der Waals surface area contributed by atoms with E-state index in [4.69, 9.17) is 9.47 Å². The molecule has 0 saturated heterocycles. The number of pyridine rings is 1. The number of rotatable bonds is 6. The average Bonchev–Trinajstić information content (AvgIpc) is 3.10. The lowest BCUT2D eigenvalue weighted by atomic mass is 10.1. The smallest absolute Gasteiger partial charge is 0.252 e. The summed E-state index contributed by atoms with van der Waals surface area (Å²) in [6, 6.07) is 5.20. The lowest BCUT2D eigenvalue weighted by Gasteiger charge is -2.16. The third-order valence-electron chi connectivity index (χ3n) is 4.57. The fourth-order valence-electron chi connectivity index (χ4n) is 2.93. The van der Waals surface area contributed by atoms with Gasteiger partial charge >= 0.3 is 0 Å². The molecule has 30 heavy (non-hydrogen) atoms. The molecule has 1 aromatic carbocycles. The Morgan fingerprint density at radius 3 is 2.67 bits per heavy atom. The molecule has 0 aliphatic carbocycles. The van der Waals surface area contributed by atoms with Crippen LogP contribution in [0.1, 0.15) is 26.3 Å². The van der Waals surface area contributed by atoms with Crippen LogP contribution in [0.2, 0.25) is 0 Å². The number of aryl methyl sites for hydroxylation is 1. The summed E-state index contributed by atoms with van der Waals surface area (Å²) in [7, 11) is 0. The first-order valence-electron chi connectivity index (χ1n) is 9.58. The van der Waals surface area contributed by atoms with Crippen molar-refractivity contribution < 1.29 is 19.0 Å². The zero-order chi connectivity index (χ0) is 21.4. The van der Waals surface area contributed by atoms with E-state index in [2.05, 4.69) is 19.9 Å². The van der Waals surface area contributed by atoms with Crippen LogP contribution in [-0.4, -0.2) is 43.9 Å². The number of aromatic nitrogens is 4. The number of fused-ring (bicyclic) bond motifs is 2. The molecule has 0 radical (unpaired) electrons. The lowest BCUT2D eigenvalue weighted by Crippen LogP contribution is -2.26. The minimum atomic E-state index is -0.752. The van der Waals surface area contributed by atoms with Gasteiger partial charge in [0.15, 0.2) is 5.82 Å². The Morgan fingerprint density at radius 1 is 1.13 bits per heavy atom. The average molecular weight is 428 g/mol. The van der Waals surface area contributed by atoms with Gasteiger partial charge in [0, 0.05) is 11.6 Å². The van der Waals surface area contributed by atoms with Crippen LogP contribution in [0.5, 0.6) is 11.8 Å². The van der Waals surface area contributed by atoms with E-state index in [1.165, 1.54) is 17.4 Å². The number of benzene rings is 1. The molecule has 4 aromatic rings. The second-order valence-electron chi connectivity index (χ2n) is 7.00. The van der Waals surface area contributed by atoms with Gasteiger partial charge in [-0.3, -0.25) is 0 Å². The topological polar surface area (TPSA) is 90.3 Å². The molecule has 0 spiro atoms. The van der Waals surface area contributed by atoms with E-state index in [1.807, 2.05) is 26.0 Å². The van der Waals surface area contributed by atoms with Crippen molar-refractivity contribution in [1.29, 1.82) is 0 Å². The number of halogens is 1. The van der Waals surface area contributed by atoms with Gasteiger partial charge in [0.05, 0.1) is 29.9 Å². The van der Waals surface area contributed by atoms with Crippen LogP contribution < -0.4 is 9.47 Å². The summed E-state index contributed by atoms with van der Waals surface area (Å²) in [5, 5.41) is 10.3. The molecule has 3 heterocycles. The minimum Gasteiger partial charge on any atom is -0.477 e. The molecule has 0 aliphatic rings.